The number of aromatic nitrogens is 1. The van der Waals surface area contributed by atoms with Crippen LogP contribution in [0.1, 0.15) is 28.8 Å². The summed E-state index contributed by atoms with van der Waals surface area (Å²) in [4.78, 5) is 30.3. The number of amides is 1. The van der Waals surface area contributed by atoms with E-state index in [1.165, 1.54) is 22.9 Å². The number of nitrogens with zero attached hydrogens (tertiary/aromatic N) is 1. The Hall–Kier alpha value is -2.23. The molecule has 0 saturated heterocycles. The van der Waals surface area contributed by atoms with Gasteiger partial charge in [-0.1, -0.05) is 15.9 Å². The molecule has 150 valence electrons. The molecule has 28 heavy (non-hydrogen) atoms. The predicted octanol–water partition coefficient (Wildman–Crippen LogP) is 2.87. The monoisotopic (exact) mass is 453 g/mol. The number of carbonyl (C=O) groups excluding carboxylic acids is 1. The lowest BCUT2D eigenvalue weighted by molar-refractivity contribution is 0.0168. The Morgan fingerprint density at radius 2 is 2.18 bits per heavy atom. The number of carbonyl (C=O) groups is 1. The molecule has 1 aromatic heterocycles. The predicted molar refractivity (Wildman–Crippen MR) is 106 cm³/mol. The molecular formula is C19H21BrFN3O4. The topological polar surface area (TPSA) is 92.6 Å². The highest BCUT2D eigenvalue weighted by atomic mass is 79.9. The number of anilines is 2. The van der Waals surface area contributed by atoms with Crippen LogP contribution in [0.15, 0.2) is 33.7 Å². The molecular weight excluding hydrogens is 433 g/mol. The number of halogens is 2. The molecule has 1 aliphatic carbocycles. The van der Waals surface area contributed by atoms with Crippen molar-refractivity contribution in [3.8, 4) is 0 Å². The molecule has 7 nitrogen and oxygen atoms in total. The number of nitrogens with one attached hydrogen (secondary N) is 2. The molecule has 2 aromatic rings. The van der Waals surface area contributed by atoms with Gasteiger partial charge in [-0.25, -0.2) is 9.87 Å². The number of hydroxylamine groups is 1. The summed E-state index contributed by atoms with van der Waals surface area (Å²) < 4.78 is 16.4. The number of pyridine rings is 1. The van der Waals surface area contributed by atoms with Gasteiger partial charge in [-0.2, -0.15) is 0 Å². The first-order chi connectivity index (χ1) is 13.4. The average molecular weight is 454 g/mol. The minimum Gasteiger partial charge on any atom is -0.394 e. The summed E-state index contributed by atoms with van der Waals surface area (Å²) in [6, 6.07) is 4.45. The van der Waals surface area contributed by atoms with Crippen molar-refractivity contribution in [1.82, 2.24) is 10.0 Å². The fraction of sp³-hybridized carbons (Fsp3) is 0.368. The van der Waals surface area contributed by atoms with Crippen LogP contribution in [0.2, 0.25) is 0 Å². The second-order valence-electron chi connectivity index (χ2n) is 6.70. The molecule has 9 heteroatoms. The molecule has 0 atom stereocenters. The number of benzene rings is 1. The third kappa shape index (κ3) is 4.78. The largest absolute Gasteiger partial charge is 0.394 e. The molecule has 0 radical (unpaired) electrons. The fourth-order valence-electron chi connectivity index (χ4n) is 2.79. The van der Waals surface area contributed by atoms with E-state index in [2.05, 4.69) is 26.7 Å². The van der Waals surface area contributed by atoms with E-state index in [4.69, 9.17) is 9.94 Å². The highest BCUT2D eigenvalue weighted by molar-refractivity contribution is 9.10. The number of aliphatic hydroxyl groups is 1. The number of aliphatic hydroxyl groups excluding tert-OH is 1. The quantitative estimate of drug-likeness (QED) is 0.422. The molecule has 0 unspecified atom stereocenters. The van der Waals surface area contributed by atoms with Crippen LogP contribution in [-0.2, 0) is 11.4 Å². The van der Waals surface area contributed by atoms with Gasteiger partial charge in [-0.05, 0) is 43.9 Å². The highest BCUT2D eigenvalue weighted by Gasteiger charge is 2.25. The molecule has 0 aliphatic heterocycles. The van der Waals surface area contributed by atoms with Gasteiger partial charge in [0.2, 0.25) is 0 Å². The van der Waals surface area contributed by atoms with Crippen LogP contribution < -0.4 is 16.4 Å². The van der Waals surface area contributed by atoms with Crippen LogP contribution in [0.5, 0.6) is 0 Å². The zero-order chi connectivity index (χ0) is 20.3. The zero-order valence-corrected chi connectivity index (χ0v) is 16.9. The smallest absolute Gasteiger partial charge is 0.278 e. The van der Waals surface area contributed by atoms with Gasteiger partial charge in [0.1, 0.15) is 5.82 Å². The van der Waals surface area contributed by atoms with E-state index in [0.29, 0.717) is 22.5 Å². The number of hydrogen-bond acceptors (Lipinski definition) is 5. The molecule has 1 aromatic carbocycles. The van der Waals surface area contributed by atoms with Crippen LogP contribution >= 0.6 is 15.9 Å². The third-order valence-corrected chi connectivity index (χ3v) is 4.95. The van der Waals surface area contributed by atoms with E-state index in [1.807, 2.05) is 0 Å². The van der Waals surface area contributed by atoms with Crippen molar-refractivity contribution in [3.63, 3.8) is 0 Å². The number of rotatable bonds is 8. The summed E-state index contributed by atoms with van der Waals surface area (Å²) in [5, 5.41) is 11.7. The SMILES string of the molecule is Cc1c(Nc2ccc(Br)cc2F)c(C(=O)NOCCO)cn(CC2CC2)c1=O. The van der Waals surface area contributed by atoms with E-state index >= 15 is 0 Å². The van der Waals surface area contributed by atoms with E-state index < -0.39 is 11.7 Å². The molecule has 3 rings (SSSR count). The first kappa shape index (κ1) is 20.5. The molecule has 1 fully saturated rings. The molecule has 3 N–H and O–H groups in total. The molecule has 1 heterocycles. The van der Waals surface area contributed by atoms with Crippen molar-refractivity contribution < 1.29 is 19.1 Å². The summed E-state index contributed by atoms with van der Waals surface area (Å²) >= 11 is 3.20. The average Bonchev–Trinajstić information content (AvgIpc) is 3.47. The van der Waals surface area contributed by atoms with Crippen molar-refractivity contribution in [2.75, 3.05) is 18.5 Å². The second kappa shape index (κ2) is 8.85. The first-order valence-corrected chi connectivity index (χ1v) is 9.69. The Kier molecular flexibility index (Phi) is 6.48. The lowest BCUT2D eigenvalue weighted by atomic mass is 10.1. The lowest BCUT2D eigenvalue weighted by Crippen LogP contribution is -2.31. The maximum atomic E-state index is 14.3. The van der Waals surface area contributed by atoms with Crippen molar-refractivity contribution in [3.05, 3.63) is 56.2 Å². The van der Waals surface area contributed by atoms with E-state index in [-0.39, 0.29) is 35.7 Å². The summed E-state index contributed by atoms with van der Waals surface area (Å²) in [5.41, 5.74) is 2.80. The van der Waals surface area contributed by atoms with Gasteiger partial charge < -0.3 is 15.0 Å². The van der Waals surface area contributed by atoms with E-state index in [0.717, 1.165) is 12.8 Å². The van der Waals surface area contributed by atoms with Crippen LogP contribution in [0.3, 0.4) is 0 Å². The van der Waals surface area contributed by atoms with E-state index in [1.54, 1.807) is 13.0 Å². The lowest BCUT2D eigenvalue weighted by Gasteiger charge is -2.18. The van der Waals surface area contributed by atoms with E-state index in [9.17, 15) is 14.0 Å². The highest BCUT2D eigenvalue weighted by Crippen LogP contribution is 2.31. The summed E-state index contributed by atoms with van der Waals surface area (Å²) in [6.45, 7) is 1.80. The van der Waals surface area contributed by atoms with Crippen LogP contribution in [0, 0.1) is 18.7 Å². The zero-order valence-electron chi connectivity index (χ0n) is 15.3. The molecule has 0 spiro atoms. The molecule has 0 bridgehead atoms. The summed E-state index contributed by atoms with van der Waals surface area (Å²) in [7, 11) is 0. The molecule has 1 aliphatic rings. The standard InChI is InChI=1S/C19H21BrFN3O4/c1-11-17(22-16-5-4-13(20)8-15(16)21)14(18(26)23-28-7-6-25)10-24(19(11)27)9-12-2-3-12/h4-5,8,10,12,22,25H,2-3,6-7,9H2,1H3,(H,23,26). The maximum Gasteiger partial charge on any atom is 0.278 e. The van der Waals surface area contributed by atoms with Gasteiger partial charge >= 0.3 is 0 Å². The Labute approximate surface area is 169 Å². The fourth-order valence-corrected chi connectivity index (χ4v) is 3.13. The Morgan fingerprint density at radius 1 is 1.43 bits per heavy atom. The van der Waals surface area contributed by atoms with Gasteiger partial charge in [0.25, 0.3) is 11.5 Å². The van der Waals surface area contributed by atoms with Crippen LogP contribution in [0.25, 0.3) is 0 Å². The van der Waals surface area contributed by atoms with Crippen molar-refractivity contribution in [1.29, 1.82) is 0 Å². The Morgan fingerprint density at radius 3 is 2.82 bits per heavy atom. The van der Waals surface area contributed by atoms with Gasteiger partial charge in [0, 0.05) is 22.8 Å². The van der Waals surface area contributed by atoms with Gasteiger partial charge in [-0.3, -0.25) is 14.4 Å². The maximum absolute atomic E-state index is 14.3. The minimum absolute atomic E-state index is 0.0729. The molecule has 1 amide bonds. The normalized spacial score (nSPS) is 13.4. The van der Waals surface area contributed by atoms with Crippen molar-refractivity contribution in [2.45, 2.75) is 26.3 Å². The van der Waals surface area contributed by atoms with Gasteiger partial charge in [0.05, 0.1) is 30.2 Å². The Bertz CT molecular complexity index is 944. The van der Waals surface area contributed by atoms with Crippen LogP contribution in [-0.4, -0.2) is 28.8 Å². The Balaban J connectivity index is 2.00. The van der Waals surface area contributed by atoms with Gasteiger partial charge in [-0.15, -0.1) is 0 Å². The van der Waals surface area contributed by atoms with Crippen molar-refractivity contribution in [2.24, 2.45) is 5.92 Å². The summed E-state index contributed by atoms with van der Waals surface area (Å²) in [5.74, 6) is -0.693. The summed E-state index contributed by atoms with van der Waals surface area (Å²) in [6.07, 6.45) is 3.57. The number of hydrogen-bond donors (Lipinski definition) is 3. The van der Waals surface area contributed by atoms with Crippen molar-refractivity contribution >= 4 is 33.2 Å². The molecule has 1 saturated carbocycles. The third-order valence-electron chi connectivity index (χ3n) is 4.46. The van der Waals surface area contributed by atoms with Crippen LogP contribution in [0.4, 0.5) is 15.8 Å². The first-order valence-electron chi connectivity index (χ1n) is 8.89. The second-order valence-corrected chi connectivity index (χ2v) is 7.61. The minimum atomic E-state index is -0.596. The van der Waals surface area contributed by atoms with Gasteiger partial charge in [0.15, 0.2) is 0 Å².